The third kappa shape index (κ3) is 2.85. The molecule has 94 valence electrons. The van der Waals surface area contributed by atoms with E-state index in [0.29, 0.717) is 0 Å². The second-order valence-electron chi connectivity index (χ2n) is 4.62. The lowest BCUT2D eigenvalue weighted by molar-refractivity contribution is -0.138. The molecule has 0 spiro atoms. The number of ether oxygens (including phenoxy) is 1. The molecule has 1 aliphatic heterocycles. The zero-order valence-corrected chi connectivity index (χ0v) is 10.3. The van der Waals surface area contributed by atoms with E-state index in [1.54, 1.807) is 6.20 Å². The van der Waals surface area contributed by atoms with E-state index in [0.717, 1.165) is 25.1 Å². The molecule has 5 heteroatoms. The van der Waals surface area contributed by atoms with Crippen molar-refractivity contribution in [1.29, 1.82) is 0 Å². The number of likely N-dealkylation sites (tertiary alicyclic amines) is 1. The van der Waals surface area contributed by atoms with Crippen LogP contribution in [0.4, 0.5) is 0 Å². The quantitative estimate of drug-likeness (QED) is 0.863. The van der Waals surface area contributed by atoms with E-state index >= 15 is 0 Å². The van der Waals surface area contributed by atoms with Gasteiger partial charge in [-0.15, -0.1) is 0 Å². The number of nitrogens with one attached hydrogen (secondary N) is 1. The minimum Gasteiger partial charge on any atom is -0.369 e. The fraction of sp³-hybridized carbons (Fsp3) is 0.667. The summed E-state index contributed by atoms with van der Waals surface area (Å²) in [6.07, 6.45) is 3.85. The molecule has 2 heterocycles. The number of carbonyl (C=O) groups is 1. The van der Waals surface area contributed by atoms with Gasteiger partial charge in [-0.3, -0.25) is 9.89 Å². The van der Waals surface area contributed by atoms with Crippen molar-refractivity contribution >= 4 is 5.91 Å². The molecule has 1 unspecified atom stereocenters. The highest BCUT2D eigenvalue weighted by Gasteiger charge is 2.30. The smallest absolute Gasteiger partial charge is 0.249 e. The molecule has 1 atom stereocenters. The predicted molar refractivity (Wildman–Crippen MR) is 63.4 cm³/mol. The highest BCUT2D eigenvalue weighted by atomic mass is 16.5. The Labute approximate surface area is 101 Å². The first-order chi connectivity index (χ1) is 8.18. The van der Waals surface area contributed by atoms with Gasteiger partial charge < -0.3 is 9.64 Å². The van der Waals surface area contributed by atoms with Gasteiger partial charge in [-0.05, 0) is 32.8 Å². The topological polar surface area (TPSA) is 58.2 Å². The molecule has 0 bridgehead atoms. The van der Waals surface area contributed by atoms with E-state index in [4.69, 9.17) is 4.74 Å². The average molecular weight is 237 g/mol. The first-order valence-corrected chi connectivity index (χ1v) is 6.09. The number of hydrogen-bond donors (Lipinski definition) is 1. The normalized spacial score (nSPS) is 20.2. The Hall–Kier alpha value is -1.36. The van der Waals surface area contributed by atoms with Crippen LogP contribution in [0.15, 0.2) is 12.3 Å². The van der Waals surface area contributed by atoms with Crippen LogP contribution in [-0.4, -0.2) is 40.3 Å². The summed E-state index contributed by atoms with van der Waals surface area (Å²) >= 11 is 0. The van der Waals surface area contributed by atoms with Crippen LogP contribution in [0.3, 0.4) is 0 Å². The van der Waals surface area contributed by atoms with E-state index in [1.165, 1.54) is 0 Å². The van der Waals surface area contributed by atoms with Crippen LogP contribution in [-0.2, 0) is 9.53 Å². The number of rotatable bonds is 4. The van der Waals surface area contributed by atoms with Gasteiger partial charge in [0.2, 0.25) is 5.91 Å². The van der Waals surface area contributed by atoms with E-state index in [1.807, 2.05) is 24.8 Å². The molecule has 1 amide bonds. The van der Waals surface area contributed by atoms with Gasteiger partial charge in [-0.2, -0.15) is 5.10 Å². The molecule has 1 saturated heterocycles. The summed E-state index contributed by atoms with van der Waals surface area (Å²) in [6.45, 7) is 4.85. The largest absolute Gasteiger partial charge is 0.369 e. The second kappa shape index (κ2) is 5.31. The van der Waals surface area contributed by atoms with Gasteiger partial charge in [0, 0.05) is 12.7 Å². The number of nitrogens with zero attached hydrogens (tertiary/aromatic N) is 2. The number of aromatic amines is 1. The van der Waals surface area contributed by atoms with Gasteiger partial charge in [0.15, 0.2) is 0 Å². The zero-order valence-electron chi connectivity index (χ0n) is 10.3. The molecular formula is C12H19N3O2. The van der Waals surface area contributed by atoms with Crippen molar-refractivity contribution in [2.45, 2.75) is 38.8 Å². The van der Waals surface area contributed by atoms with Crippen molar-refractivity contribution < 1.29 is 9.53 Å². The number of H-pyrrole nitrogens is 1. The maximum atomic E-state index is 12.0. The molecule has 0 radical (unpaired) electrons. The first kappa shape index (κ1) is 12.1. The molecule has 1 aromatic rings. The summed E-state index contributed by atoms with van der Waals surface area (Å²) < 4.78 is 5.36. The molecule has 17 heavy (non-hydrogen) atoms. The average Bonchev–Trinajstić information content (AvgIpc) is 2.94. The van der Waals surface area contributed by atoms with E-state index < -0.39 is 0 Å². The fourth-order valence-electron chi connectivity index (χ4n) is 2.16. The van der Waals surface area contributed by atoms with Crippen molar-refractivity contribution in [2.24, 2.45) is 0 Å². The van der Waals surface area contributed by atoms with Gasteiger partial charge in [-0.1, -0.05) is 0 Å². The minimum atomic E-state index is 0.0656. The lowest BCUT2D eigenvalue weighted by Gasteiger charge is -2.24. The molecule has 0 aliphatic carbocycles. The van der Waals surface area contributed by atoms with Gasteiger partial charge >= 0.3 is 0 Å². The molecule has 1 aromatic heterocycles. The van der Waals surface area contributed by atoms with Crippen LogP contribution in [0.25, 0.3) is 0 Å². The molecule has 1 aliphatic rings. The van der Waals surface area contributed by atoms with Gasteiger partial charge in [0.1, 0.15) is 6.61 Å². The number of aromatic nitrogens is 2. The molecule has 1 N–H and O–H groups in total. The summed E-state index contributed by atoms with van der Waals surface area (Å²) in [5, 5.41) is 6.88. The van der Waals surface area contributed by atoms with E-state index in [-0.39, 0.29) is 24.7 Å². The van der Waals surface area contributed by atoms with Crippen LogP contribution in [0.1, 0.15) is 38.4 Å². The predicted octanol–water partition coefficient (Wildman–Crippen LogP) is 1.50. The third-order valence-corrected chi connectivity index (χ3v) is 2.99. The summed E-state index contributed by atoms with van der Waals surface area (Å²) in [5.74, 6) is 0.0656. The highest BCUT2D eigenvalue weighted by molar-refractivity contribution is 5.78. The van der Waals surface area contributed by atoms with Crippen LogP contribution in [0.2, 0.25) is 0 Å². The Kier molecular flexibility index (Phi) is 3.78. The standard InChI is InChI=1S/C12H19N3O2/c1-9(2)17-8-12(16)15-7-3-4-11(15)10-5-6-13-14-10/h5-6,9,11H,3-4,7-8H2,1-2H3,(H,13,14). The van der Waals surface area contributed by atoms with Gasteiger partial charge in [0.05, 0.1) is 17.8 Å². The van der Waals surface area contributed by atoms with E-state index in [2.05, 4.69) is 10.2 Å². The molecule has 5 nitrogen and oxygen atoms in total. The summed E-state index contributed by atoms with van der Waals surface area (Å²) in [7, 11) is 0. The number of hydrogen-bond acceptors (Lipinski definition) is 3. The lowest BCUT2D eigenvalue weighted by Crippen LogP contribution is -2.34. The zero-order chi connectivity index (χ0) is 12.3. The van der Waals surface area contributed by atoms with Crippen LogP contribution < -0.4 is 0 Å². The Morgan fingerprint density at radius 1 is 1.71 bits per heavy atom. The number of carbonyl (C=O) groups excluding carboxylic acids is 1. The third-order valence-electron chi connectivity index (χ3n) is 2.99. The van der Waals surface area contributed by atoms with Crippen molar-refractivity contribution in [1.82, 2.24) is 15.1 Å². The van der Waals surface area contributed by atoms with Crippen molar-refractivity contribution in [2.75, 3.05) is 13.2 Å². The molecule has 0 saturated carbocycles. The Bertz CT molecular complexity index is 362. The Balaban J connectivity index is 1.97. The molecule has 2 rings (SSSR count). The minimum absolute atomic E-state index is 0.0656. The van der Waals surface area contributed by atoms with Crippen molar-refractivity contribution in [3.8, 4) is 0 Å². The second-order valence-corrected chi connectivity index (χ2v) is 4.62. The van der Waals surface area contributed by atoms with Crippen LogP contribution in [0.5, 0.6) is 0 Å². The molecule has 1 fully saturated rings. The monoisotopic (exact) mass is 237 g/mol. The molecular weight excluding hydrogens is 218 g/mol. The van der Waals surface area contributed by atoms with Gasteiger partial charge in [0.25, 0.3) is 0 Å². The number of amides is 1. The van der Waals surface area contributed by atoms with Crippen LogP contribution >= 0.6 is 0 Å². The van der Waals surface area contributed by atoms with Crippen molar-refractivity contribution in [3.63, 3.8) is 0 Å². The molecule has 0 aromatic carbocycles. The highest BCUT2D eigenvalue weighted by Crippen LogP contribution is 2.30. The SMILES string of the molecule is CC(C)OCC(=O)N1CCCC1c1ccn[nH]1. The van der Waals surface area contributed by atoms with Crippen LogP contribution in [0, 0.1) is 0 Å². The maximum absolute atomic E-state index is 12.0. The first-order valence-electron chi connectivity index (χ1n) is 6.09. The summed E-state index contributed by atoms with van der Waals surface area (Å²) in [6, 6.07) is 2.07. The maximum Gasteiger partial charge on any atom is 0.249 e. The Morgan fingerprint density at radius 3 is 3.18 bits per heavy atom. The summed E-state index contributed by atoms with van der Waals surface area (Å²) in [4.78, 5) is 13.9. The lowest BCUT2D eigenvalue weighted by atomic mass is 10.1. The fourth-order valence-corrected chi connectivity index (χ4v) is 2.16. The van der Waals surface area contributed by atoms with Crippen molar-refractivity contribution in [3.05, 3.63) is 18.0 Å². The Morgan fingerprint density at radius 2 is 2.53 bits per heavy atom. The van der Waals surface area contributed by atoms with E-state index in [9.17, 15) is 4.79 Å². The van der Waals surface area contributed by atoms with Gasteiger partial charge in [-0.25, -0.2) is 0 Å². The summed E-state index contributed by atoms with van der Waals surface area (Å²) in [5.41, 5.74) is 1.01.